The van der Waals surface area contributed by atoms with Crippen LogP contribution in [0.5, 0.6) is 0 Å². The van der Waals surface area contributed by atoms with E-state index in [1.54, 1.807) is 0 Å². The molecule has 0 unspecified atom stereocenters. The number of halogens is 2. The van der Waals surface area contributed by atoms with Crippen molar-refractivity contribution in [3.05, 3.63) is 53.2 Å². The Morgan fingerprint density at radius 1 is 1.08 bits per heavy atom. The SMILES string of the molecule is Cc1nc(F)nc(Nc2ccc(N=Nc3ccc(S(=O)(=O)[O-])cc3S(=O)(=O)O)c(N=C(N)[O-])c2)c1Cl.[K+].[Na+]. The average molecular weight is 620 g/mol. The fourth-order valence-corrected chi connectivity index (χ4v) is 4.04. The van der Waals surface area contributed by atoms with Gasteiger partial charge in [0.05, 0.1) is 22.3 Å². The summed E-state index contributed by atoms with van der Waals surface area (Å²) in [6.07, 6.45) is -1.04. The van der Waals surface area contributed by atoms with Crippen LogP contribution in [0.15, 0.2) is 61.4 Å². The molecule has 0 fully saturated rings. The van der Waals surface area contributed by atoms with E-state index in [4.69, 9.17) is 17.3 Å². The molecule has 0 atom stereocenters. The van der Waals surface area contributed by atoms with E-state index in [0.29, 0.717) is 6.07 Å². The number of nitrogens with one attached hydrogen (secondary N) is 1. The van der Waals surface area contributed by atoms with Crippen LogP contribution in [-0.2, 0) is 20.2 Å². The number of hydrogen-bond donors (Lipinski definition) is 3. The largest absolute Gasteiger partial charge is 1.00 e. The molecule has 38 heavy (non-hydrogen) atoms. The Kier molecular flexibility index (Phi) is 12.8. The average Bonchev–Trinajstić information content (AvgIpc) is 2.75. The maximum absolute atomic E-state index is 13.6. The minimum Gasteiger partial charge on any atom is -0.846 e. The predicted octanol–water partition coefficient (Wildman–Crippen LogP) is -3.80. The van der Waals surface area contributed by atoms with Crippen molar-refractivity contribution in [1.82, 2.24) is 9.97 Å². The summed E-state index contributed by atoms with van der Waals surface area (Å²) >= 11 is 6.07. The zero-order valence-electron chi connectivity index (χ0n) is 19.7. The summed E-state index contributed by atoms with van der Waals surface area (Å²) in [6.45, 7) is 1.45. The molecule has 0 bridgehead atoms. The Balaban J connectivity index is 0.00000361. The molecule has 20 heteroatoms. The molecule has 0 saturated heterocycles. The summed E-state index contributed by atoms with van der Waals surface area (Å²) in [4.78, 5) is 8.65. The molecule has 190 valence electrons. The van der Waals surface area contributed by atoms with Crippen LogP contribution >= 0.6 is 11.6 Å². The van der Waals surface area contributed by atoms with Gasteiger partial charge in [-0.3, -0.25) is 4.55 Å². The maximum Gasteiger partial charge on any atom is 1.00 e. The minimum atomic E-state index is -5.04. The van der Waals surface area contributed by atoms with Gasteiger partial charge < -0.3 is 20.7 Å². The summed E-state index contributed by atoms with van der Waals surface area (Å²) in [5.74, 6) is -0.0905. The van der Waals surface area contributed by atoms with Crippen molar-refractivity contribution in [1.29, 1.82) is 0 Å². The number of anilines is 2. The van der Waals surface area contributed by atoms with Crippen molar-refractivity contribution < 1.29 is 116 Å². The molecular weight excluding hydrogens is 607 g/mol. The van der Waals surface area contributed by atoms with Crippen molar-refractivity contribution in [2.24, 2.45) is 21.0 Å². The monoisotopic (exact) mass is 619 g/mol. The van der Waals surface area contributed by atoms with Crippen LogP contribution in [-0.4, -0.2) is 41.9 Å². The summed E-state index contributed by atoms with van der Waals surface area (Å²) in [7, 11) is -10.1. The molecule has 3 rings (SSSR count). The smallest absolute Gasteiger partial charge is 0.846 e. The minimum absolute atomic E-state index is 0. The van der Waals surface area contributed by atoms with Crippen molar-refractivity contribution in [2.75, 3.05) is 5.32 Å². The Hall–Kier alpha value is -1.13. The predicted molar refractivity (Wildman–Crippen MR) is 121 cm³/mol. The van der Waals surface area contributed by atoms with Crippen LogP contribution < -0.4 is 97.1 Å². The normalized spacial score (nSPS) is 12.1. The molecule has 1 heterocycles. The second-order valence-corrected chi connectivity index (χ2v) is 9.93. The first-order valence-electron chi connectivity index (χ1n) is 9.26. The van der Waals surface area contributed by atoms with E-state index in [9.17, 15) is 35.4 Å². The van der Waals surface area contributed by atoms with Crippen LogP contribution in [0.4, 0.5) is 33.0 Å². The molecular formula is C18H13ClFKN7NaO7S2. The number of aromatic nitrogens is 2. The van der Waals surface area contributed by atoms with E-state index < -0.39 is 47.8 Å². The Morgan fingerprint density at radius 3 is 2.26 bits per heavy atom. The number of nitrogens with two attached hydrogens (primary N) is 1. The summed E-state index contributed by atoms with van der Waals surface area (Å²) in [5.41, 5.74) is 4.65. The molecule has 14 nitrogen and oxygen atoms in total. The quantitative estimate of drug-likeness (QED) is 0.0579. The van der Waals surface area contributed by atoms with E-state index in [1.807, 2.05) is 0 Å². The topological polar surface area (TPSA) is 236 Å². The van der Waals surface area contributed by atoms with Gasteiger partial charge in [0.15, 0.2) is 5.82 Å². The Labute approximate surface area is 285 Å². The van der Waals surface area contributed by atoms with Gasteiger partial charge in [-0.25, -0.2) is 18.4 Å². The first kappa shape index (κ1) is 34.9. The van der Waals surface area contributed by atoms with Crippen molar-refractivity contribution in [3.8, 4) is 0 Å². The maximum atomic E-state index is 13.6. The van der Waals surface area contributed by atoms with E-state index in [0.717, 1.165) is 12.1 Å². The Bertz CT molecular complexity index is 1640. The Morgan fingerprint density at radius 2 is 1.68 bits per heavy atom. The van der Waals surface area contributed by atoms with Gasteiger partial charge in [-0.05, 0) is 43.3 Å². The van der Waals surface area contributed by atoms with Gasteiger partial charge in [0.1, 0.15) is 31.4 Å². The second kappa shape index (κ2) is 14.0. The fourth-order valence-electron chi connectivity index (χ4n) is 2.69. The molecule has 0 amide bonds. The molecule has 0 radical (unpaired) electrons. The first-order valence-corrected chi connectivity index (χ1v) is 12.5. The third-order valence-corrected chi connectivity index (χ3v) is 6.39. The van der Waals surface area contributed by atoms with Crippen LogP contribution in [0.3, 0.4) is 0 Å². The fraction of sp³-hybridized carbons (Fsp3) is 0.0556. The zero-order valence-corrected chi connectivity index (χ0v) is 27.3. The number of rotatable bonds is 7. The molecule has 0 aliphatic carbocycles. The van der Waals surface area contributed by atoms with Crippen LogP contribution in [0.1, 0.15) is 5.69 Å². The third-order valence-electron chi connectivity index (χ3n) is 4.22. The van der Waals surface area contributed by atoms with E-state index in [1.165, 1.54) is 25.1 Å². The van der Waals surface area contributed by atoms with Crippen molar-refractivity contribution in [3.63, 3.8) is 0 Å². The number of nitrogens with zero attached hydrogens (tertiary/aromatic N) is 5. The van der Waals surface area contributed by atoms with Gasteiger partial charge in [0.25, 0.3) is 10.1 Å². The van der Waals surface area contributed by atoms with Gasteiger partial charge in [-0.2, -0.15) is 17.8 Å². The number of aryl methyl sites for hydroxylation is 1. The molecule has 4 N–H and O–H groups in total. The summed E-state index contributed by atoms with van der Waals surface area (Å²) in [6, 6.07) is 4.74. The van der Waals surface area contributed by atoms with Crippen LogP contribution in [0.25, 0.3) is 0 Å². The molecule has 0 spiro atoms. The van der Waals surface area contributed by atoms with Gasteiger partial charge in [-0.1, -0.05) is 11.6 Å². The van der Waals surface area contributed by atoms with E-state index in [-0.39, 0.29) is 115 Å². The van der Waals surface area contributed by atoms with E-state index in [2.05, 4.69) is 30.5 Å². The number of aliphatic imine (C=N–C) groups is 1. The summed E-state index contributed by atoms with van der Waals surface area (Å²) < 4.78 is 79.9. The van der Waals surface area contributed by atoms with Crippen LogP contribution in [0, 0.1) is 13.0 Å². The molecule has 0 aliphatic heterocycles. The molecule has 3 aromatic rings. The van der Waals surface area contributed by atoms with Crippen molar-refractivity contribution in [2.45, 2.75) is 16.7 Å². The molecule has 0 aliphatic rings. The van der Waals surface area contributed by atoms with Gasteiger partial charge in [-0.15, -0.1) is 10.2 Å². The standard InChI is InChI=1S/C18H15ClFN7O7S2.K.Na/c1-8-15(19)16(25-17(20)22-8)23-9-2-4-11(13(6-9)24-18(21)28)26-27-12-5-3-10(35(29,30)31)7-14(12)36(32,33)34;;/h2-7H,1H3,(H3,21,24,28)(H,22,23,25)(H,29,30,31)(H,32,33,34);;/q;2*+1/p-2. The summed E-state index contributed by atoms with van der Waals surface area (Å²) in [5, 5.41) is 21.6. The number of azo groups is 1. The van der Waals surface area contributed by atoms with Gasteiger partial charge >= 0.3 is 87.0 Å². The molecule has 0 saturated carbocycles. The van der Waals surface area contributed by atoms with Crippen molar-refractivity contribution >= 4 is 66.4 Å². The van der Waals surface area contributed by atoms with Crippen LogP contribution in [0.2, 0.25) is 5.02 Å². The molecule has 1 aromatic heterocycles. The first-order chi connectivity index (χ1) is 16.6. The van der Waals surface area contributed by atoms with E-state index >= 15 is 0 Å². The second-order valence-electron chi connectivity index (χ2n) is 6.78. The number of amidine groups is 1. The number of hydrogen-bond acceptors (Lipinski definition) is 12. The van der Waals surface area contributed by atoms with Gasteiger partial charge in [0.2, 0.25) is 0 Å². The third kappa shape index (κ3) is 9.22. The zero-order chi connectivity index (χ0) is 26.8. The van der Waals surface area contributed by atoms with Gasteiger partial charge in [0, 0.05) is 5.69 Å². The number of benzene rings is 2. The molecule has 2 aromatic carbocycles.